The van der Waals surface area contributed by atoms with Gasteiger partial charge in [-0.3, -0.25) is 9.59 Å². The normalized spacial score (nSPS) is 29.8. The van der Waals surface area contributed by atoms with Crippen molar-refractivity contribution in [1.29, 1.82) is 0 Å². The monoisotopic (exact) mass is 332 g/mol. The number of nitrogens with one attached hydrogen (secondary N) is 1. The van der Waals surface area contributed by atoms with Gasteiger partial charge in [-0.2, -0.15) is 0 Å². The van der Waals surface area contributed by atoms with Crippen molar-refractivity contribution in [2.75, 3.05) is 19.7 Å². The predicted octanol–water partition coefficient (Wildman–Crippen LogP) is 1.44. The molecule has 2 aliphatic heterocycles. The Labute approximate surface area is 140 Å². The number of ether oxygens (including phenoxy) is 1. The lowest BCUT2D eigenvalue weighted by Crippen LogP contribution is -2.45. The van der Waals surface area contributed by atoms with Gasteiger partial charge in [0.15, 0.2) is 0 Å². The zero-order chi connectivity index (χ0) is 16.7. The van der Waals surface area contributed by atoms with Gasteiger partial charge in [0, 0.05) is 25.4 Å². The molecule has 0 radical (unpaired) electrons. The number of amides is 2. The van der Waals surface area contributed by atoms with E-state index in [1.807, 2.05) is 4.90 Å². The molecule has 1 aliphatic carbocycles. The van der Waals surface area contributed by atoms with E-state index in [1.54, 1.807) is 12.1 Å². The van der Waals surface area contributed by atoms with Crippen molar-refractivity contribution in [3.05, 3.63) is 35.6 Å². The summed E-state index contributed by atoms with van der Waals surface area (Å²) in [7, 11) is 0. The molecule has 3 atom stereocenters. The first-order chi connectivity index (χ1) is 11.6. The molecule has 128 valence electrons. The summed E-state index contributed by atoms with van der Waals surface area (Å²) in [5.41, 5.74) is 0.947. The summed E-state index contributed by atoms with van der Waals surface area (Å²) in [6.45, 7) is 0.976. The zero-order valence-corrected chi connectivity index (χ0v) is 13.4. The predicted molar refractivity (Wildman–Crippen MR) is 84.7 cm³/mol. The van der Waals surface area contributed by atoms with Crippen LogP contribution in [0.5, 0.6) is 0 Å². The Hall–Kier alpha value is -1.95. The summed E-state index contributed by atoms with van der Waals surface area (Å²) >= 11 is 0. The maximum Gasteiger partial charge on any atom is 0.246 e. The fourth-order valence-electron chi connectivity index (χ4n) is 3.77. The SMILES string of the molecule is O=C1CO[C@@H]2[C@@H](c3ccc(F)cc3)CN(C(=O)CC3CC3)[C@@H]2CN1. The molecule has 1 aromatic carbocycles. The van der Waals surface area contributed by atoms with E-state index in [-0.39, 0.29) is 42.3 Å². The molecule has 24 heavy (non-hydrogen) atoms. The van der Waals surface area contributed by atoms with E-state index < -0.39 is 0 Å². The fourth-order valence-corrected chi connectivity index (χ4v) is 3.77. The van der Waals surface area contributed by atoms with Gasteiger partial charge in [0.05, 0.1) is 12.1 Å². The quantitative estimate of drug-likeness (QED) is 0.911. The number of hydrogen-bond acceptors (Lipinski definition) is 3. The number of benzene rings is 1. The van der Waals surface area contributed by atoms with Crippen molar-refractivity contribution < 1.29 is 18.7 Å². The second-order valence-corrected chi connectivity index (χ2v) is 7.00. The van der Waals surface area contributed by atoms with Gasteiger partial charge in [-0.1, -0.05) is 12.1 Å². The highest BCUT2D eigenvalue weighted by Crippen LogP contribution is 2.38. The van der Waals surface area contributed by atoms with Gasteiger partial charge >= 0.3 is 0 Å². The van der Waals surface area contributed by atoms with Gasteiger partial charge in [0.1, 0.15) is 12.4 Å². The number of fused-ring (bicyclic) bond motifs is 1. The van der Waals surface area contributed by atoms with Gasteiger partial charge < -0.3 is 15.0 Å². The van der Waals surface area contributed by atoms with E-state index in [0.717, 1.165) is 18.4 Å². The van der Waals surface area contributed by atoms with Gasteiger partial charge in [-0.05, 0) is 36.5 Å². The van der Waals surface area contributed by atoms with Crippen LogP contribution in [0.2, 0.25) is 0 Å². The van der Waals surface area contributed by atoms with Crippen LogP contribution in [-0.4, -0.2) is 48.6 Å². The molecule has 2 saturated heterocycles. The van der Waals surface area contributed by atoms with Crippen LogP contribution in [0.4, 0.5) is 4.39 Å². The minimum Gasteiger partial charge on any atom is -0.365 e. The highest BCUT2D eigenvalue weighted by molar-refractivity contribution is 5.79. The summed E-state index contributed by atoms with van der Waals surface area (Å²) in [5.74, 6) is 0.177. The maximum atomic E-state index is 13.2. The number of halogens is 1. The average molecular weight is 332 g/mol. The van der Waals surface area contributed by atoms with Crippen molar-refractivity contribution in [3.8, 4) is 0 Å². The van der Waals surface area contributed by atoms with Crippen LogP contribution >= 0.6 is 0 Å². The lowest BCUT2D eigenvalue weighted by Gasteiger charge is -2.26. The average Bonchev–Trinajstić information content (AvgIpc) is 3.33. The summed E-state index contributed by atoms with van der Waals surface area (Å²) in [6, 6.07) is 6.20. The number of nitrogens with zero attached hydrogens (tertiary/aromatic N) is 1. The number of likely N-dealkylation sites (tertiary alicyclic amines) is 1. The third-order valence-corrected chi connectivity index (χ3v) is 5.26. The summed E-state index contributed by atoms with van der Waals surface area (Å²) in [5, 5.41) is 2.83. The standard InChI is InChI=1S/C18H21FN2O3/c19-13-5-3-12(4-6-13)14-9-21(17(23)7-11-1-2-11)15-8-20-16(22)10-24-18(14)15/h3-6,11,14-15,18H,1-2,7-10H2,(H,20,22)/t14-,15-,18-/m1/s1. The molecule has 0 aromatic heterocycles. The van der Waals surface area contributed by atoms with Crippen LogP contribution in [0.3, 0.4) is 0 Å². The molecule has 2 amide bonds. The molecule has 5 nitrogen and oxygen atoms in total. The van der Waals surface area contributed by atoms with Crippen molar-refractivity contribution in [2.45, 2.75) is 37.3 Å². The minimum atomic E-state index is -0.284. The van der Waals surface area contributed by atoms with Crippen molar-refractivity contribution >= 4 is 11.8 Å². The van der Waals surface area contributed by atoms with Crippen LogP contribution in [-0.2, 0) is 14.3 Å². The Morgan fingerprint density at radius 2 is 2.04 bits per heavy atom. The molecule has 3 aliphatic rings. The molecule has 1 N–H and O–H groups in total. The molecule has 6 heteroatoms. The summed E-state index contributed by atoms with van der Waals surface area (Å²) in [6.07, 6.45) is 2.59. The number of carbonyl (C=O) groups excluding carboxylic acids is 2. The smallest absolute Gasteiger partial charge is 0.246 e. The first kappa shape index (κ1) is 15.6. The Balaban J connectivity index is 1.60. The third-order valence-electron chi connectivity index (χ3n) is 5.26. The second kappa shape index (κ2) is 6.16. The van der Waals surface area contributed by atoms with E-state index in [1.165, 1.54) is 12.1 Å². The lowest BCUT2D eigenvalue weighted by atomic mass is 9.93. The second-order valence-electron chi connectivity index (χ2n) is 7.00. The van der Waals surface area contributed by atoms with Crippen molar-refractivity contribution in [2.24, 2.45) is 5.92 Å². The topological polar surface area (TPSA) is 58.6 Å². The maximum absolute atomic E-state index is 13.2. The van der Waals surface area contributed by atoms with Crippen LogP contribution in [0.15, 0.2) is 24.3 Å². The van der Waals surface area contributed by atoms with E-state index in [4.69, 9.17) is 4.74 Å². The first-order valence-corrected chi connectivity index (χ1v) is 8.55. The molecule has 0 spiro atoms. The van der Waals surface area contributed by atoms with Crippen LogP contribution in [0, 0.1) is 11.7 Å². The molecular formula is C18H21FN2O3. The number of carbonyl (C=O) groups is 2. The highest BCUT2D eigenvalue weighted by atomic mass is 19.1. The molecule has 4 rings (SSSR count). The lowest BCUT2D eigenvalue weighted by molar-refractivity contribution is -0.133. The summed E-state index contributed by atoms with van der Waals surface area (Å²) in [4.78, 5) is 26.2. The van der Waals surface area contributed by atoms with Crippen molar-refractivity contribution in [1.82, 2.24) is 10.2 Å². The molecule has 2 heterocycles. The van der Waals surface area contributed by atoms with Crippen LogP contribution < -0.4 is 5.32 Å². The van der Waals surface area contributed by atoms with Gasteiger partial charge in [-0.25, -0.2) is 4.39 Å². The molecule has 3 fully saturated rings. The van der Waals surface area contributed by atoms with Gasteiger partial charge in [0.25, 0.3) is 0 Å². The van der Waals surface area contributed by atoms with E-state index >= 15 is 0 Å². The van der Waals surface area contributed by atoms with E-state index in [0.29, 0.717) is 25.4 Å². The van der Waals surface area contributed by atoms with E-state index in [2.05, 4.69) is 5.32 Å². The molecule has 0 unspecified atom stereocenters. The highest BCUT2D eigenvalue weighted by Gasteiger charge is 2.47. The minimum absolute atomic E-state index is 0.00349. The Kier molecular flexibility index (Phi) is 4.00. The fraction of sp³-hybridized carbons (Fsp3) is 0.556. The Morgan fingerprint density at radius 3 is 2.75 bits per heavy atom. The largest absolute Gasteiger partial charge is 0.365 e. The molecular weight excluding hydrogens is 311 g/mol. The van der Waals surface area contributed by atoms with Crippen LogP contribution in [0.25, 0.3) is 0 Å². The van der Waals surface area contributed by atoms with Gasteiger partial charge in [-0.15, -0.1) is 0 Å². The molecule has 0 bridgehead atoms. The van der Waals surface area contributed by atoms with E-state index in [9.17, 15) is 14.0 Å². The molecule has 1 saturated carbocycles. The van der Waals surface area contributed by atoms with Crippen molar-refractivity contribution in [3.63, 3.8) is 0 Å². The number of hydrogen-bond donors (Lipinski definition) is 1. The first-order valence-electron chi connectivity index (χ1n) is 8.55. The molecule has 1 aromatic rings. The zero-order valence-electron chi connectivity index (χ0n) is 13.4. The Morgan fingerprint density at radius 1 is 1.29 bits per heavy atom. The number of rotatable bonds is 3. The third kappa shape index (κ3) is 3.02. The summed E-state index contributed by atoms with van der Waals surface area (Å²) < 4.78 is 19.1. The Bertz CT molecular complexity index is 644. The van der Waals surface area contributed by atoms with Crippen LogP contribution in [0.1, 0.15) is 30.7 Å². The van der Waals surface area contributed by atoms with Gasteiger partial charge in [0.2, 0.25) is 11.8 Å².